The molecule has 1 fully saturated rings. The third-order valence-electron chi connectivity index (χ3n) is 3.45. The molecule has 21 heavy (non-hydrogen) atoms. The highest BCUT2D eigenvalue weighted by molar-refractivity contribution is 7.93. The van der Waals surface area contributed by atoms with E-state index >= 15 is 0 Å². The van der Waals surface area contributed by atoms with Gasteiger partial charge in [0.15, 0.2) is 6.61 Å². The quantitative estimate of drug-likeness (QED) is 0.840. The van der Waals surface area contributed by atoms with E-state index in [9.17, 15) is 13.2 Å². The number of sulfonamides is 1. The van der Waals surface area contributed by atoms with Gasteiger partial charge >= 0.3 is 5.97 Å². The lowest BCUT2D eigenvalue weighted by molar-refractivity contribution is -0.139. The summed E-state index contributed by atoms with van der Waals surface area (Å²) in [5.74, 6) is -0.760. The normalized spacial score (nSPS) is 16.4. The number of nitrogens with one attached hydrogen (secondary N) is 1. The van der Waals surface area contributed by atoms with Crippen molar-refractivity contribution in [2.75, 3.05) is 11.3 Å². The Morgan fingerprint density at radius 3 is 2.67 bits per heavy atom. The summed E-state index contributed by atoms with van der Waals surface area (Å²) in [5.41, 5.74) is 0.392. The van der Waals surface area contributed by atoms with E-state index in [2.05, 4.69) is 4.72 Å². The maximum absolute atomic E-state index is 12.3. The summed E-state index contributed by atoms with van der Waals surface area (Å²) in [4.78, 5) is 10.5. The maximum atomic E-state index is 12.3. The molecule has 0 unspecified atom stereocenters. The summed E-state index contributed by atoms with van der Waals surface area (Å²) < 4.78 is 32.2. The molecule has 0 aromatic heterocycles. The zero-order valence-corrected chi connectivity index (χ0v) is 12.4. The fraction of sp³-hybridized carbons (Fsp3) is 0.500. The number of benzene rings is 1. The standard InChI is InChI=1S/C14H19NO5S/c16-14(17)10-20-12-6-4-5-11(9-12)15-21(18,19)13-7-2-1-3-8-13/h4-6,9,13,15H,1-3,7-8,10H2,(H,16,17). The van der Waals surface area contributed by atoms with Crippen LogP contribution in [-0.4, -0.2) is 31.4 Å². The summed E-state index contributed by atoms with van der Waals surface area (Å²) in [7, 11) is -3.41. The molecule has 0 heterocycles. The molecule has 2 N–H and O–H groups in total. The van der Waals surface area contributed by atoms with E-state index in [4.69, 9.17) is 9.84 Å². The summed E-state index contributed by atoms with van der Waals surface area (Å²) in [5, 5.41) is 8.21. The van der Waals surface area contributed by atoms with Gasteiger partial charge in [-0.1, -0.05) is 25.3 Å². The smallest absolute Gasteiger partial charge is 0.341 e. The molecular formula is C14H19NO5S. The highest BCUT2D eigenvalue weighted by Gasteiger charge is 2.27. The third kappa shape index (κ3) is 4.63. The largest absolute Gasteiger partial charge is 0.482 e. The Hall–Kier alpha value is -1.76. The van der Waals surface area contributed by atoms with Crippen molar-refractivity contribution in [3.05, 3.63) is 24.3 Å². The van der Waals surface area contributed by atoms with E-state index in [1.165, 1.54) is 6.07 Å². The van der Waals surface area contributed by atoms with Crippen molar-refractivity contribution in [3.63, 3.8) is 0 Å². The minimum atomic E-state index is -3.41. The Balaban J connectivity index is 2.04. The number of carboxylic acids is 1. The molecule has 1 aliphatic carbocycles. The summed E-state index contributed by atoms with van der Waals surface area (Å²) in [6.07, 6.45) is 4.33. The molecule has 7 heteroatoms. The average molecular weight is 313 g/mol. The SMILES string of the molecule is O=C(O)COc1cccc(NS(=O)(=O)C2CCCCC2)c1. The van der Waals surface area contributed by atoms with Crippen LogP contribution in [0.5, 0.6) is 5.75 Å². The van der Waals surface area contributed by atoms with Gasteiger partial charge in [-0.2, -0.15) is 0 Å². The molecule has 1 aliphatic rings. The number of carbonyl (C=O) groups is 1. The van der Waals surface area contributed by atoms with Gasteiger partial charge in [0, 0.05) is 6.07 Å². The number of ether oxygens (including phenoxy) is 1. The van der Waals surface area contributed by atoms with Gasteiger partial charge in [0.2, 0.25) is 10.0 Å². The van der Waals surface area contributed by atoms with E-state index in [0.717, 1.165) is 19.3 Å². The van der Waals surface area contributed by atoms with Crippen LogP contribution in [0.2, 0.25) is 0 Å². The molecule has 0 saturated heterocycles. The van der Waals surface area contributed by atoms with Crippen molar-refractivity contribution >= 4 is 21.7 Å². The topological polar surface area (TPSA) is 92.7 Å². The highest BCUT2D eigenvalue weighted by Crippen LogP contribution is 2.26. The van der Waals surface area contributed by atoms with Crippen LogP contribution in [0.1, 0.15) is 32.1 Å². The van der Waals surface area contributed by atoms with Crippen LogP contribution in [0.15, 0.2) is 24.3 Å². The third-order valence-corrected chi connectivity index (χ3v) is 5.32. The van der Waals surface area contributed by atoms with Crippen molar-refractivity contribution < 1.29 is 23.1 Å². The minimum absolute atomic E-state index is 0.321. The molecule has 0 bridgehead atoms. The Morgan fingerprint density at radius 1 is 1.29 bits per heavy atom. The number of rotatable bonds is 6. The monoisotopic (exact) mass is 313 g/mol. The van der Waals surface area contributed by atoms with Crippen LogP contribution in [0.25, 0.3) is 0 Å². The maximum Gasteiger partial charge on any atom is 0.341 e. The number of carboxylic acid groups (broad SMARTS) is 1. The van der Waals surface area contributed by atoms with Gasteiger partial charge in [-0.25, -0.2) is 13.2 Å². The summed E-state index contributed by atoms with van der Waals surface area (Å²) in [6.45, 7) is -0.459. The lowest BCUT2D eigenvalue weighted by atomic mass is 10.0. The van der Waals surface area contributed by atoms with Crippen LogP contribution in [0.4, 0.5) is 5.69 Å². The zero-order valence-electron chi connectivity index (χ0n) is 11.6. The molecule has 6 nitrogen and oxygen atoms in total. The average Bonchev–Trinajstić information content (AvgIpc) is 2.46. The van der Waals surface area contributed by atoms with Gasteiger partial charge in [-0.05, 0) is 25.0 Å². The summed E-state index contributed by atoms with van der Waals surface area (Å²) >= 11 is 0. The number of hydrogen-bond donors (Lipinski definition) is 2. The van der Waals surface area contributed by atoms with Gasteiger partial charge in [0.25, 0.3) is 0 Å². The van der Waals surface area contributed by atoms with Crippen LogP contribution in [-0.2, 0) is 14.8 Å². The summed E-state index contributed by atoms with van der Waals surface area (Å²) in [6, 6.07) is 6.31. The molecule has 0 radical (unpaired) electrons. The molecule has 2 rings (SSSR count). The second-order valence-electron chi connectivity index (χ2n) is 5.12. The molecule has 1 aromatic carbocycles. The predicted octanol–water partition coefficient (Wildman–Crippen LogP) is 2.22. The van der Waals surface area contributed by atoms with Gasteiger partial charge in [0.05, 0.1) is 10.9 Å². The first kappa shape index (κ1) is 15.6. The van der Waals surface area contributed by atoms with E-state index < -0.39 is 22.6 Å². The number of hydrogen-bond acceptors (Lipinski definition) is 4. The van der Waals surface area contributed by atoms with Crippen molar-refractivity contribution in [2.24, 2.45) is 0 Å². The minimum Gasteiger partial charge on any atom is -0.482 e. The van der Waals surface area contributed by atoms with Crippen LogP contribution in [0, 0.1) is 0 Å². The lowest BCUT2D eigenvalue weighted by Crippen LogP contribution is -2.29. The first-order valence-corrected chi connectivity index (χ1v) is 8.48. The molecule has 1 aromatic rings. The molecule has 0 amide bonds. The molecule has 1 saturated carbocycles. The van der Waals surface area contributed by atoms with Crippen molar-refractivity contribution in [3.8, 4) is 5.75 Å². The fourth-order valence-electron chi connectivity index (χ4n) is 2.42. The van der Waals surface area contributed by atoms with Gasteiger partial charge in [-0.3, -0.25) is 4.72 Å². The van der Waals surface area contributed by atoms with Crippen LogP contribution < -0.4 is 9.46 Å². The predicted molar refractivity (Wildman–Crippen MR) is 79.0 cm³/mol. The molecule has 116 valence electrons. The lowest BCUT2D eigenvalue weighted by Gasteiger charge is -2.22. The van der Waals surface area contributed by atoms with Gasteiger partial charge in [0.1, 0.15) is 5.75 Å². The zero-order chi connectivity index (χ0) is 15.3. The number of anilines is 1. The highest BCUT2D eigenvalue weighted by atomic mass is 32.2. The van der Waals surface area contributed by atoms with Gasteiger partial charge < -0.3 is 9.84 Å². The molecular weight excluding hydrogens is 294 g/mol. The first-order valence-electron chi connectivity index (χ1n) is 6.94. The Morgan fingerprint density at radius 2 is 2.00 bits per heavy atom. The van der Waals surface area contributed by atoms with E-state index in [1.54, 1.807) is 18.2 Å². The van der Waals surface area contributed by atoms with Crippen LogP contribution >= 0.6 is 0 Å². The first-order chi connectivity index (χ1) is 9.97. The Labute approximate surface area is 124 Å². The van der Waals surface area contributed by atoms with E-state index in [0.29, 0.717) is 24.3 Å². The molecule has 0 aliphatic heterocycles. The Kier molecular flexibility index (Phi) is 5.06. The van der Waals surface area contributed by atoms with E-state index in [-0.39, 0.29) is 5.25 Å². The molecule has 0 atom stereocenters. The number of aliphatic carboxylic acids is 1. The van der Waals surface area contributed by atoms with Crippen molar-refractivity contribution in [1.29, 1.82) is 0 Å². The Bertz CT molecular complexity index is 593. The van der Waals surface area contributed by atoms with Crippen molar-refractivity contribution in [2.45, 2.75) is 37.4 Å². The van der Waals surface area contributed by atoms with Crippen molar-refractivity contribution in [1.82, 2.24) is 0 Å². The van der Waals surface area contributed by atoms with Gasteiger partial charge in [-0.15, -0.1) is 0 Å². The van der Waals surface area contributed by atoms with Crippen LogP contribution in [0.3, 0.4) is 0 Å². The fourth-order valence-corrected chi connectivity index (χ4v) is 3.99. The molecule has 0 spiro atoms. The van der Waals surface area contributed by atoms with E-state index in [1.807, 2.05) is 0 Å². The second kappa shape index (κ2) is 6.80. The second-order valence-corrected chi connectivity index (χ2v) is 7.08.